The largest absolute Gasteiger partial charge is 0.391 e. The third-order valence-corrected chi connectivity index (χ3v) is 7.65. The van der Waals surface area contributed by atoms with Gasteiger partial charge < -0.3 is 20.6 Å². The van der Waals surface area contributed by atoms with Gasteiger partial charge in [0.2, 0.25) is 5.91 Å². The molecule has 35 heavy (non-hydrogen) atoms. The zero-order chi connectivity index (χ0) is 24.4. The van der Waals surface area contributed by atoms with E-state index in [2.05, 4.69) is 49.8 Å². The van der Waals surface area contributed by atoms with Crippen molar-refractivity contribution in [2.24, 2.45) is 0 Å². The van der Waals surface area contributed by atoms with E-state index in [0.29, 0.717) is 17.9 Å². The van der Waals surface area contributed by atoms with E-state index in [9.17, 15) is 14.7 Å². The van der Waals surface area contributed by atoms with Crippen molar-refractivity contribution in [2.75, 3.05) is 25.0 Å². The molecule has 1 aromatic carbocycles. The number of aromatic nitrogens is 2. The Morgan fingerprint density at radius 3 is 2.57 bits per heavy atom. The molecule has 1 saturated heterocycles. The number of nitrogens with one attached hydrogen (secondary N) is 2. The van der Waals surface area contributed by atoms with E-state index in [0.717, 1.165) is 51.9 Å². The second-order valence-electron chi connectivity index (χ2n) is 9.98. The fourth-order valence-corrected chi connectivity index (χ4v) is 5.67. The minimum Gasteiger partial charge on any atom is -0.391 e. The van der Waals surface area contributed by atoms with Crippen LogP contribution in [0.2, 0.25) is 0 Å². The van der Waals surface area contributed by atoms with E-state index in [1.165, 1.54) is 17.5 Å². The number of piperidine rings is 1. The van der Waals surface area contributed by atoms with Crippen LogP contribution in [0.4, 0.5) is 5.82 Å². The topological polar surface area (TPSA) is 111 Å². The number of aliphatic hydroxyl groups excluding tert-OH is 1. The second-order valence-corrected chi connectivity index (χ2v) is 9.98. The summed E-state index contributed by atoms with van der Waals surface area (Å²) in [5.74, 6) is 0.472. The van der Waals surface area contributed by atoms with Crippen molar-refractivity contribution in [1.82, 2.24) is 25.1 Å². The third-order valence-electron chi connectivity index (χ3n) is 7.65. The molecule has 1 saturated carbocycles. The lowest BCUT2D eigenvalue weighted by Crippen LogP contribution is -2.43. The fraction of sp³-hybridized carbons (Fsp3) is 0.538. The Balaban J connectivity index is 1.15. The SMILES string of the molecule is CC(=O)N1CCC(Nc2cc(C(=O)NC3C[C@H](O)[C@@H](N4CCc5ccccc5C4)C3)ncn2)CC1. The van der Waals surface area contributed by atoms with Crippen LogP contribution in [0, 0.1) is 0 Å². The molecule has 3 N–H and O–H groups in total. The summed E-state index contributed by atoms with van der Waals surface area (Å²) in [6, 6.07) is 10.3. The Kier molecular flexibility index (Phi) is 6.97. The van der Waals surface area contributed by atoms with Crippen LogP contribution >= 0.6 is 0 Å². The zero-order valence-corrected chi connectivity index (χ0v) is 20.2. The highest BCUT2D eigenvalue weighted by molar-refractivity contribution is 5.93. The summed E-state index contributed by atoms with van der Waals surface area (Å²) in [7, 11) is 0. The molecule has 9 nitrogen and oxygen atoms in total. The van der Waals surface area contributed by atoms with Crippen LogP contribution in [-0.4, -0.2) is 80.6 Å². The first kappa shape index (κ1) is 23.7. The predicted octanol–water partition coefficient (Wildman–Crippen LogP) is 1.58. The molecule has 3 atom stereocenters. The summed E-state index contributed by atoms with van der Waals surface area (Å²) in [4.78, 5) is 37.1. The van der Waals surface area contributed by atoms with E-state index >= 15 is 0 Å². The molecule has 3 heterocycles. The number of likely N-dealkylation sites (tertiary alicyclic amines) is 1. The summed E-state index contributed by atoms with van der Waals surface area (Å²) in [5, 5.41) is 17.2. The molecule has 9 heteroatoms. The Morgan fingerprint density at radius 1 is 1.03 bits per heavy atom. The Morgan fingerprint density at radius 2 is 1.80 bits per heavy atom. The zero-order valence-electron chi connectivity index (χ0n) is 20.2. The number of carbonyl (C=O) groups is 2. The van der Waals surface area contributed by atoms with Crippen molar-refractivity contribution in [2.45, 2.75) is 69.8 Å². The van der Waals surface area contributed by atoms with Gasteiger partial charge in [-0.05, 0) is 43.2 Å². The van der Waals surface area contributed by atoms with Crippen LogP contribution in [0.5, 0.6) is 0 Å². The van der Waals surface area contributed by atoms with Gasteiger partial charge in [0.25, 0.3) is 5.91 Å². The van der Waals surface area contributed by atoms with Gasteiger partial charge in [0.05, 0.1) is 6.10 Å². The van der Waals surface area contributed by atoms with Crippen LogP contribution in [0.1, 0.15) is 54.2 Å². The molecule has 2 fully saturated rings. The average Bonchev–Trinajstić information content (AvgIpc) is 3.24. The van der Waals surface area contributed by atoms with Gasteiger partial charge in [-0.15, -0.1) is 0 Å². The van der Waals surface area contributed by atoms with Crippen molar-refractivity contribution >= 4 is 17.6 Å². The molecule has 0 radical (unpaired) electrons. The Labute approximate surface area is 205 Å². The molecule has 3 aliphatic rings. The normalized spacial score (nSPS) is 25.2. The number of fused-ring (bicyclic) bond motifs is 1. The number of nitrogens with zero attached hydrogens (tertiary/aromatic N) is 4. The lowest BCUT2D eigenvalue weighted by Gasteiger charge is -2.35. The molecule has 2 aromatic rings. The van der Waals surface area contributed by atoms with Gasteiger partial charge in [0, 0.05) is 57.3 Å². The van der Waals surface area contributed by atoms with Crippen LogP contribution < -0.4 is 10.6 Å². The van der Waals surface area contributed by atoms with E-state index in [-0.39, 0.29) is 29.9 Å². The van der Waals surface area contributed by atoms with Crippen LogP contribution in [0.15, 0.2) is 36.7 Å². The number of amides is 2. The maximum Gasteiger partial charge on any atom is 0.270 e. The maximum absolute atomic E-state index is 12.9. The molecule has 5 rings (SSSR count). The van der Waals surface area contributed by atoms with Crippen LogP contribution in [-0.2, 0) is 17.8 Å². The first-order valence-electron chi connectivity index (χ1n) is 12.6. The first-order valence-corrected chi connectivity index (χ1v) is 12.6. The molecule has 1 aliphatic carbocycles. The number of benzene rings is 1. The highest BCUT2D eigenvalue weighted by atomic mass is 16.3. The Hall–Kier alpha value is -3.04. The van der Waals surface area contributed by atoms with Gasteiger partial charge in [-0.3, -0.25) is 14.5 Å². The summed E-state index contributed by atoms with van der Waals surface area (Å²) in [6.07, 6.45) is 4.87. The Bertz CT molecular complexity index is 1070. The first-order chi connectivity index (χ1) is 17.0. The average molecular weight is 479 g/mol. The predicted molar refractivity (Wildman–Crippen MR) is 132 cm³/mol. The second kappa shape index (κ2) is 10.3. The smallest absolute Gasteiger partial charge is 0.270 e. The van der Waals surface area contributed by atoms with E-state index < -0.39 is 6.10 Å². The number of anilines is 1. The van der Waals surface area contributed by atoms with Crippen molar-refractivity contribution in [1.29, 1.82) is 0 Å². The minimum atomic E-state index is -0.464. The van der Waals surface area contributed by atoms with Crippen LogP contribution in [0.3, 0.4) is 0 Å². The monoisotopic (exact) mass is 478 g/mol. The molecule has 2 aliphatic heterocycles. The van der Waals surface area contributed by atoms with Gasteiger partial charge in [0.1, 0.15) is 17.8 Å². The van der Waals surface area contributed by atoms with Crippen molar-refractivity contribution in [3.05, 3.63) is 53.5 Å². The molecule has 1 unspecified atom stereocenters. The van der Waals surface area contributed by atoms with E-state index in [1.807, 2.05) is 4.90 Å². The molecule has 2 amide bonds. The number of aliphatic hydroxyl groups is 1. The maximum atomic E-state index is 12.9. The molecule has 0 spiro atoms. The molecule has 1 aromatic heterocycles. The summed E-state index contributed by atoms with van der Waals surface area (Å²) >= 11 is 0. The summed E-state index contributed by atoms with van der Waals surface area (Å²) in [6.45, 7) is 4.80. The number of hydrogen-bond donors (Lipinski definition) is 3. The minimum absolute atomic E-state index is 0.0390. The van der Waals surface area contributed by atoms with Crippen molar-refractivity contribution < 1.29 is 14.7 Å². The number of rotatable bonds is 5. The van der Waals surface area contributed by atoms with Crippen LogP contribution in [0.25, 0.3) is 0 Å². The van der Waals surface area contributed by atoms with E-state index in [1.54, 1.807) is 13.0 Å². The van der Waals surface area contributed by atoms with Gasteiger partial charge >= 0.3 is 0 Å². The standard InChI is InChI=1S/C26H34N6O3/c1-17(33)31-10-7-20(8-11-31)29-25-14-22(27-16-28-25)26(35)30-21-12-23(24(34)13-21)32-9-6-18-4-2-3-5-19(18)15-32/h2-5,14,16,20-21,23-24,34H,6-13,15H2,1H3,(H,30,35)(H,27,28,29)/t21?,23-,24-/m0/s1. The molecular formula is C26H34N6O3. The summed E-state index contributed by atoms with van der Waals surface area (Å²) < 4.78 is 0. The van der Waals surface area contributed by atoms with Gasteiger partial charge in [-0.2, -0.15) is 0 Å². The van der Waals surface area contributed by atoms with E-state index in [4.69, 9.17) is 0 Å². The van der Waals surface area contributed by atoms with Gasteiger partial charge in [0.15, 0.2) is 0 Å². The molecule has 186 valence electrons. The van der Waals surface area contributed by atoms with Crippen molar-refractivity contribution in [3.63, 3.8) is 0 Å². The van der Waals surface area contributed by atoms with Gasteiger partial charge in [-0.1, -0.05) is 24.3 Å². The molecular weight excluding hydrogens is 444 g/mol. The lowest BCUT2D eigenvalue weighted by atomic mass is 9.98. The quantitative estimate of drug-likeness (QED) is 0.598. The lowest BCUT2D eigenvalue weighted by molar-refractivity contribution is -0.129. The fourth-order valence-electron chi connectivity index (χ4n) is 5.67. The third kappa shape index (κ3) is 5.46. The number of carbonyl (C=O) groups excluding carboxylic acids is 2. The van der Waals surface area contributed by atoms with Gasteiger partial charge in [-0.25, -0.2) is 9.97 Å². The summed E-state index contributed by atoms with van der Waals surface area (Å²) in [5.41, 5.74) is 3.03. The highest BCUT2D eigenvalue weighted by Crippen LogP contribution is 2.29. The molecule has 0 bridgehead atoms. The number of hydrogen-bond acceptors (Lipinski definition) is 7. The highest BCUT2D eigenvalue weighted by Gasteiger charge is 2.38. The van der Waals surface area contributed by atoms with Crippen molar-refractivity contribution in [3.8, 4) is 0 Å².